The van der Waals surface area contributed by atoms with Gasteiger partial charge in [-0.15, -0.1) is 0 Å². The average Bonchev–Trinajstić information content (AvgIpc) is 2.90. The molecule has 0 saturated heterocycles. The number of Topliss-reactive ketones (excluding diaryl/α,β-unsaturated/α-hetero) is 2. The minimum absolute atomic E-state index is 0. The zero-order valence-corrected chi connectivity index (χ0v) is 31.5. The highest BCUT2D eigenvalue weighted by atomic mass is 16.3. The molecule has 0 atom stereocenters. The maximum atomic E-state index is 12.7. The molecule has 4 heteroatoms. The summed E-state index contributed by atoms with van der Waals surface area (Å²) in [6.07, 6.45) is 9.90. The SMILES string of the molecule is C.CC(C)(C)c1cc(CCC(=O)CCCCCCCCC(=O)CCc2cc(C(C)(C)C)c(O)c(C(C)(C)C)c2)cc(C(C)(C)C)c1O. The first-order chi connectivity index (χ1) is 21.0. The molecular weight excluding hydrogens is 580 g/mol. The number of carbonyl (C=O) groups excluding carboxylic acids is 2. The number of aromatic hydroxyl groups is 2. The summed E-state index contributed by atoms with van der Waals surface area (Å²) in [6.45, 7) is 25.4. The molecular formula is C43H70O4. The second-order valence-corrected chi connectivity index (χ2v) is 17.8. The molecule has 0 heterocycles. The third kappa shape index (κ3) is 13.4. The van der Waals surface area contributed by atoms with Crippen molar-refractivity contribution >= 4 is 11.6 Å². The molecule has 4 nitrogen and oxygen atoms in total. The van der Waals surface area contributed by atoms with E-state index >= 15 is 0 Å². The van der Waals surface area contributed by atoms with Gasteiger partial charge in [0.25, 0.3) is 0 Å². The van der Waals surface area contributed by atoms with Crippen LogP contribution in [0.25, 0.3) is 0 Å². The fourth-order valence-electron chi connectivity index (χ4n) is 6.13. The molecule has 0 aliphatic heterocycles. The maximum Gasteiger partial charge on any atom is 0.133 e. The number of benzene rings is 2. The van der Waals surface area contributed by atoms with Crippen molar-refractivity contribution in [3.05, 3.63) is 57.6 Å². The van der Waals surface area contributed by atoms with Crippen LogP contribution in [0.1, 0.15) is 188 Å². The van der Waals surface area contributed by atoms with Gasteiger partial charge >= 0.3 is 0 Å². The topological polar surface area (TPSA) is 74.6 Å². The first kappa shape index (κ1) is 42.4. The molecule has 0 fully saturated rings. The molecule has 0 aromatic heterocycles. The Morgan fingerprint density at radius 2 is 0.681 bits per heavy atom. The minimum atomic E-state index is -0.169. The zero-order valence-electron chi connectivity index (χ0n) is 31.5. The van der Waals surface area contributed by atoms with E-state index < -0.39 is 0 Å². The van der Waals surface area contributed by atoms with Gasteiger partial charge in [-0.2, -0.15) is 0 Å². The van der Waals surface area contributed by atoms with Gasteiger partial charge in [0.2, 0.25) is 0 Å². The van der Waals surface area contributed by atoms with Gasteiger partial charge in [0.15, 0.2) is 0 Å². The van der Waals surface area contributed by atoms with Crippen LogP contribution in [-0.2, 0) is 44.1 Å². The van der Waals surface area contributed by atoms with Crippen LogP contribution in [0.3, 0.4) is 0 Å². The van der Waals surface area contributed by atoms with Gasteiger partial charge in [0, 0.05) is 25.7 Å². The van der Waals surface area contributed by atoms with E-state index in [0.717, 1.165) is 71.9 Å². The van der Waals surface area contributed by atoms with Gasteiger partial charge in [0.1, 0.15) is 23.1 Å². The van der Waals surface area contributed by atoms with Gasteiger partial charge in [-0.25, -0.2) is 0 Å². The fraction of sp³-hybridized carbons (Fsp3) is 0.674. The standard InChI is InChI=1S/C42H66O4.CH4/c1-39(2,3)33-25-29(26-34(37(33)45)40(4,5)6)21-23-31(43)19-17-15-13-14-16-18-20-32(44)24-22-30-27-35(41(7,8)9)38(46)36(28-30)42(10,11)12;/h25-28,45-46H,13-24H2,1-12H3;1H4. The van der Waals surface area contributed by atoms with Gasteiger partial charge in [-0.05, 0) is 80.7 Å². The zero-order chi connectivity index (χ0) is 35.1. The lowest BCUT2D eigenvalue weighted by Gasteiger charge is -2.28. The van der Waals surface area contributed by atoms with Crippen molar-refractivity contribution in [3.8, 4) is 11.5 Å². The third-order valence-corrected chi connectivity index (χ3v) is 9.12. The van der Waals surface area contributed by atoms with E-state index in [1.54, 1.807) is 0 Å². The van der Waals surface area contributed by atoms with Gasteiger partial charge in [-0.3, -0.25) is 9.59 Å². The third-order valence-electron chi connectivity index (χ3n) is 9.12. The smallest absolute Gasteiger partial charge is 0.133 e. The highest BCUT2D eigenvalue weighted by molar-refractivity contribution is 5.79. The van der Waals surface area contributed by atoms with E-state index in [-0.39, 0.29) is 29.1 Å². The number of ketones is 2. The van der Waals surface area contributed by atoms with Crippen LogP contribution in [0, 0.1) is 0 Å². The summed E-state index contributed by atoms with van der Waals surface area (Å²) in [7, 11) is 0. The molecule has 0 saturated carbocycles. The molecule has 2 aromatic carbocycles. The molecule has 0 unspecified atom stereocenters. The minimum Gasteiger partial charge on any atom is -0.507 e. The van der Waals surface area contributed by atoms with Crippen LogP contribution in [0.4, 0.5) is 0 Å². The van der Waals surface area contributed by atoms with Crippen LogP contribution < -0.4 is 0 Å². The highest BCUT2D eigenvalue weighted by Gasteiger charge is 2.28. The molecule has 0 spiro atoms. The van der Waals surface area contributed by atoms with Crippen molar-refractivity contribution in [1.29, 1.82) is 0 Å². The number of phenols is 2. The van der Waals surface area contributed by atoms with E-state index in [0.29, 0.717) is 61.6 Å². The number of unbranched alkanes of at least 4 members (excludes halogenated alkanes) is 5. The van der Waals surface area contributed by atoms with Crippen molar-refractivity contribution in [2.24, 2.45) is 0 Å². The van der Waals surface area contributed by atoms with Crippen LogP contribution in [0.5, 0.6) is 11.5 Å². The van der Waals surface area contributed by atoms with Crippen LogP contribution >= 0.6 is 0 Å². The Hall–Kier alpha value is -2.62. The molecule has 0 aliphatic carbocycles. The average molecular weight is 651 g/mol. The van der Waals surface area contributed by atoms with Crippen molar-refractivity contribution < 1.29 is 19.8 Å². The summed E-state index contributed by atoms with van der Waals surface area (Å²) in [4.78, 5) is 25.3. The lowest BCUT2D eigenvalue weighted by molar-refractivity contribution is -0.120. The summed E-state index contributed by atoms with van der Waals surface area (Å²) in [5.74, 6) is 1.40. The number of carbonyl (C=O) groups is 2. The van der Waals surface area contributed by atoms with Crippen LogP contribution in [-0.4, -0.2) is 21.8 Å². The van der Waals surface area contributed by atoms with Crippen molar-refractivity contribution in [1.82, 2.24) is 0 Å². The molecule has 0 radical (unpaired) electrons. The second kappa shape index (κ2) is 17.2. The van der Waals surface area contributed by atoms with E-state index in [9.17, 15) is 19.8 Å². The highest BCUT2D eigenvalue weighted by Crippen LogP contribution is 2.41. The number of rotatable bonds is 15. The molecule has 47 heavy (non-hydrogen) atoms. The summed E-state index contributed by atoms with van der Waals surface area (Å²) in [5.41, 5.74) is 5.38. The fourth-order valence-corrected chi connectivity index (χ4v) is 6.13. The summed E-state index contributed by atoms with van der Waals surface area (Å²) in [6, 6.07) is 8.34. The Labute approximate surface area is 289 Å². The molecule has 2 N–H and O–H groups in total. The lowest BCUT2D eigenvalue weighted by Crippen LogP contribution is -2.18. The molecule has 2 rings (SSSR count). The Kier molecular flexibility index (Phi) is 15.5. The largest absolute Gasteiger partial charge is 0.507 e. The monoisotopic (exact) mass is 651 g/mol. The van der Waals surface area contributed by atoms with E-state index in [2.05, 4.69) is 107 Å². The van der Waals surface area contributed by atoms with Crippen molar-refractivity contribution in [2.75, 3.05) is 0 Å². The van der Waals surface area contributed by atoms with Crippen molar-refractivity contribution in [3.63, 3.8) is 0 Å². The van der Waals surface area contributed by atoms with Gasteiger partial charge < -0.3 is 10.2 Å². The maximum absolute atomic E-state index is 12.7. The number of hydrogen-bond acceptors (Lipinski definition) is 4. The Morgan fingerprint density at radius 3 is 0.915 bits per heavy atom. The Morgan fingerprint density at radius 1 is 0.447 bits per heavy atom. The molecule has 2 aromatic rings. The summed E-state index contributed by atoms with van der Waals surface area (Å²) < 4.78 is 0. The van der Waals surface area contributed by atoms with E-state index in [1.165, 1.54) is 0 Å². The quantitative estimate of drug-likeness (QED) is 0.188. The normalized spacial score (nSPS) is 12.6. The predicted octanol–water partition coefficient (Wildman–Crippen LogP) is 11.7. The number of aryl methyl sites for hydroxylation is 2. The molecule has 0 amide bonds. The molecule has 266 valence electrons. The predicted molar refractivity (Wildman–Crippen MR) is 201 cm³/mol. The molecule has 0 bridgehead atoms. The first-order valence-electron chi connectivity index (χ1n) is 17.8. The van der Waals surface area contributed by atoms with Gasteiger partial charge in [-0.1, -0.05) is 140 Å². The Bertz CT molecular complexity index is 1150. The Balaban J connectivity index is 0.0000110. The van der Waals surface area contributed by atoms with E-state index in [1.807, 2.05) is 0 Å². The second-order valence-electron chi connectivity index (χ2n) is 17.8. The van der Waals surface area contributed by atoms with Crippen LogP contribution in [0.15, 0.2) is 24.3 Å². The number of phenolic OH excluding ortho intramolecular Hbond substituents is 2. The molecule has 0 aliphatic rings. The van der Waals surface area contributed by atoms with Crippen molar-refractivity contribution in [2.45, 2.75) is 189 Å². The summed E-state index contributed by atoms with van der Waals surface area (Å²) in [5, 5.41) is 21.9. The first-order valence-corrected chi connectivity index (χ1v) is 17.8. The summed E-state index contributed by atoms with van der Waals surface area (Å²) >= 11 is 0. The van der Waals surface area contributed by atoms with Crippen LogP contribution in [0.2, 0.25) is 0 Å². The van der Waals surface area contributed by atoms with Gasteiger partial charge in [0.05, 0.1) is 0 Å². The van der Waals surface area contributed by atoms with E-state index in [4.69, 9.17) is 0 Å². The number of hydrogen-bond donors (Lipinski definition) is 2. The lowest BCUT2D eigenvalue weighted by atomic mass is 9.78.